The molecule has 3 fully saturated rings. The van der Waals surface area contributed by atoms with Gasteiger partial charge in [0.25, 0.3) is 5.91 Å². The number of nitrogens with one attached hydrogen (secondary N) is 2. The van der Waals surface area contributed by atoms with Crippen LogP contribution in [0.2, 0.25) is 0 Å². The Morgan fingerprint density at radius 2 is 1.88 bits per heavy atom. The van der Waals surface area contributed by atoms with E-state index in [0.717, 1.165) is 18.4 Å². The van der Waals surface area contributed by atoms with Gasteiger partial charge in [-0.25, -0.2) is 0 Å². The number of hydrogen-bond acceptors (Lipinski definition) is 5. The van der Waals surface area contributed by atoms with E-state index in [1.807, 2.05) is 24.3 Å². The van der Waals surface area contributed by atoms with E-state index in [0.29, 0.717) is 48.3 Å². The van der Waals surface area contributed by atoms with Gasteiger partial charge in [-0.3, -0.25) is 19.3 Å². The molecule has 2 aliphatic carbocycles. The summed E-state index contributed by atoms with van der Waals surface area (Å²) in [6.45, 7) is 4.83. The Morgan fingerprint density at radius 3 is 2.59 bits per heavy atom. The zero-order valence-electron chi connectivity index (χ0n) is 20.2. The lowest BCUT2D eigenvalue weighted by molar-refractivity contribution is -0.149. The minimum atomic E-state index is -0.224. The summed E-state index contributed by atoms with van der Waals surface area (Å²) in [5, 5.41) is 6.87. The van der Waals surface area contributed by atoms with Crippen molar-refractivity contribution in [3.63, 3.8) is 0 Å². The summed E-state index contributed by atoms with van der Waals surface area (Å²) in [6.07, 6.45) is 5.23. The molecule has 2 N–H and O–H groups in total. The van der Waals surface area contributed by atoms with Crippen LogP contribution in [0.25, 0.3) is 0 Å². The highest BCUT2D eigenvalue weighted by Crippen LogP contribution is 2.34. The summed E-state index contributed by atoms with van der Waals surface area (Å²) < 4.78 is 4.88. The first kappa shape index (κ1) is 24.6. The molecule has 1 aliphatic heterocycles. The van der Waals surface area contributed by atoms with Gasteiger partial charge in [0, 0.05) is 17.6 Å². The number of esters is 1. The van der Waals surface area contributed by atoms with E-state index in [-0.39, 0.29) is 41.7 Å². The predicted molar refractivity (Wildman–Crippen MR) is 133 cm³/mol. The van der Waals surface area contributed by atoms with E-state index in [1.165, 1.54) is 13.5 Å². The number of fused-ring (bicyclic) bond motifs is 1. The summed E-state index contributed by atoms with van der Waals surface area (Å²) in [6, 6.07) is 7.49. The number of thiocarbonyl (C=S) groups is 1. The van der Waals surface area contributed by atoms with Gasteiger partial charge in [0.15, 0.2) is 5.11 Å². The van der Waals surface area contributed by atoms with Crippen molar-refractivity contribution in [2.75, 3.05) is 7.11 Å². The number of carbonyl (C=O) groups excluding carboxylic acids is 3. The van der Waals surface area contributed by atoms with Crippen molar-refractivity contribution in [3.8, 4) is 0 Å². The van der Waals surface area contributed by atoms with E-state index >= 15 is 0 Å². The maximum absolute atomic E-state index is 13.2. The summed E-state index contributed by atoms with van der Waals surface area (Å²) in [5.41, 5.74) is 1.54. The summed E-state index contributed by atoms with van der Waals surface area (Å²) in [7, 11) is 1.39. The second-order valence-corrected chi connectivity index (χ2v) is 10.6. The molecule has 0 aromatic heterocycles. The first-order valence-corrected chi connectivity index (χ1v) is 12.8. The normalized spacial score (nSPS) is 31.3. The quantitative estimate of drug-likeness (QED) is 0.491. The average Bonchev–Trinajstić information content (AvgIpc) is 2.84. The van der Waals surface area contributed by atoms with E-state index in [2.05, 4.69) is 24.5 Å². The number of amides is 2. The van der Waals surface area contributed by atoms with Crippen LogP contribution in [0.1, 0.15) is 68.3 Å². The van der Waals surface area contributed by atoms with Crippen LogP contribution in [0.5, 0.6) is 0 Å². The van der Waals surface area contributed by atoms with Crippen LogP contribution in [0.15, 0.2) is 24.3 Å². The monoisotopic (exact) mass is 485 g/mol. The van der Waals surface area contributed by atoms with E-state index in [1.54, 1.807) is 4.90 Å². The van der Waals surface area contributed by atoms with Gasteiger partial charge in [-0.1, -0.05) is 38.8 Å². The first-order valence-electron chi connectivity index (χ1n) is 12.4. The van der Waals surface area contributed by atoms with E-state index in [4.69, 9.17) is 17.0 Å². The minimum absolute atomic E-state index is 0.000656. The van der Waals surface area contributed by atoms with Crippen LogP contribution in [-0.4, -0.2) is 47.0 Å². The fraction of sp³-hybridized carbons (Fsp3) is 0.615. The molecular weight excluding hydrogens is 450 g/mol. The third-order valence-corrected chi connectivity index (χ3v) is 8.44. The average molecular weight is 486 g/mol. The van der Waals surface area contributed by atoms with E-state index < -0.39 is 0 Å². The van der Waals surface area contributed by atoms with Gasteiger partial charge in [0.05, 0.1) is 25.5 Å². The van der Waals surface area contributed by atoms with Crippen molar-refractivity contribution in [1.82, 2.24) is 15.5 Å². The maximum Gasteiger partial charge on any atom is 0.308 e. The van der Waals surface area contributed by atoms with Gasteiger partial charge in [-0.15, -0.1) is 0 Å². The lowest BCUT2D eigenvalue weighted by Gasteiger charge is -2.43. The summed E-state index contributed by atoms with van der Waals surface area (Å²) >= 11 is 5.50. The second kappa shape index (κ2) is 10.4. The molecule has 1 saturated heterocycles. The van der Waals surface area contributed by atoms with Crippen molar-refractivity contribution in [1.29, 1.82) is 0 Å². The Bertz CT molecular complexity index is 950. The van der Waals surface area contributed by atoms with Crippen LogP contribution < -0.4 is 10.6 Å². The van der Waals surface area contributed by atoms with Crippen molar-refractivity contribution in [2.45, 2.75) is 71.0 Å². The fourth-order valence-corrected chi connectivity index (χ4v) is 5.98. The van der Waals surface area contributed by atoms with Gasteiger partial charge in [-0.05, 0) is 67.4 Å². The number of nitrogens with zero attached hydrogens (tertiary/aromatic N) is 1. The molecule has 8 heteroatoms. The molecule has 6 atom stereocenters. The maximum atomic E-state index is 13.2. The molecule has 1 aromatic carbocycles. The molecular formula is C26H35N3O4S. The van der Waals surface area contributed by atoms with Crippen LogP contribution >= 0.6 is 12.2 Å². The van der Waals surface area contributed by atoms with Crippen LogP contribution in [0.3, 0.4) is 0 Å². The summed E-state index contributed by atoms with van der Waals surface area (Å²) in [4.78, 5) is 39.5. The molecule has 1 heterocycles. The van der Waals surface area contributed by atoms with Crippen molar-refractivity contribution in [2.24, 2.45) is 23.7 Å². The van der Waals surface area contributed by atoms with Crippen LogP contribution in [0.4, 0.5) is 0 Å². The molecule has 34 heavy (non-hydrogen) atoms. The molecule has 6 unspecified atom stereocenters. The highest BCUT2D eigenvalue weighted by molar-refractivity contribution is 7.80. The zero-order chi connectivity index (χ0) is 24.4. The van der Waals surface area contributed by atoms with Crippen molar-refractivity contribution < 1.29 is 19.1 Å². The van der Waals surface area contributed by atoms with Crippen LogP contribution in [-0.2, 0) is 20.9 Å². The third kappa shape index (κ3) is 5.11. The predicted octanol–water partition coefficient (Wildman–Crippen LogP) is 3.42. The smallest absolute Gasteiger partial charge is 0.308 e. The molecule has 4 rings (SSSR count). The largest absolute Gasteiger partial charge is 0.469 e. The Morgan fingerprint density at radius 1 is 1.15 bits per heavy atom. The second-order valence-electron chi connectivity index (χ2n) is 10.2. The van der Waals surface area contributed by atoms with Gasteiger partial charge >= 0.3 is 5.97 Å². The SMILES string of the molecule is COC(=O)C1CCC2C(=O)N(Cc3ccc(C(=O)NC4CCCC(C)C4C)cc3)C(=S)NC2C1. The van der Waals surface area contributed by atoms with Crippen molar-refractivity contribution >= 4 is 35.1 Å². The lowest BCUT2D eigenvalue weighted by atomic mass is 9.76. The molecule has 0 spiro atoms. The highest BCUT2D eigenvalue weighted by Gasteiger charge is 2.44. The molecule has 2 amide bonds. The molecule has 1 aromatic rings. The van der Waals surface area contributed by atoms with Gasteiger partial charge in [0.2, 0.25) is 5.91 Å². The molecule has 0 bridgehead atoms. The fourth-order valence-electron chi connectivity index (χ4n) is 5.67. The standard InChI is InChI=1S/C26H35N3O4S/c1-15-5-4-6-21(16(15)2)27-23(30)18-9-7-17(8-10-18)14-29-24(31)20-12-11-19(25(32)33-3)13-22(20)28-26(29)34/h7-10,15-16,19-22H,4-6,11-14H2,1-3H3,(H,27,30)(H,28,34). The van der Waals surface area contributed by atoms with Gasteiger partial charge in [-0.2, -0.15) is 0 Å². The highest BCUT2D eigenvalue weighted by atomic mass is 32.1. The number of carbonyl (C=O) groups is 3. The topological polar surface area (TPSA) is 87.7 Å². The summed E-state index contributed by atoms with van der Waals surface area (Å²) in [5.74, 6) is 0.431. The van der Waals surface area contributed by atoms with Crippen molar-refractivity contribution in [3.05, 3.63) is 35.4 Å². The zero-order valence-corrected chi connectivity index (χ0v) is 21.0. The minimum Gasteiger partial charge on any atom is -0.469 e. The van der Waals surface area contributed by atoms with Gasteiger partial charge in [0.1, 0.15) is 0 Å². The first-order chi connectivity index (χ1) is 16.3. The number of benzene rings is 1. The molecule has 184 valence electrons. The Kier molecular flexibility index (Phi) is 7.55. The van der Waals surface area contributed by atoms with Gasteiger partial charge < -0.3 is 15.4 Å². The molecule has 0 radical (unpaired) electrons. The molecule has 7 nitrogen and oxygen atoms in total. The number of ether oxygens (including phenoxy) is 1. The Balaban J connectivity index is 1.36. The van der Waals surface area contributed by atoms with E-state index in [9.17, 15) is 14.4 Å². The lowest BCUT2D eigenvalue weighted by Crippen LogP contribution is -2.61. The van der Waals surface area contributed by atoms with Crippen LogP contribution in [0, 0.1) is 23.7 Å². The molecule has 2 saturated carbocycles. The Labute approximate surface area is 207 Å². The molecule has 3 aliphatic rings. The third-order valence-electron chi connectivity index (χ3n) is 8.10. The number of rotatable bonds is 5. The Hall–Kier alpha value is -2.48. The number of methoxy groups -OCH3 is 1. The number of hydrogen-bond donors (Lipinski definition) is 2.